The van der Waals surface area contributed by atoms with E-state index in [2.05, 4.69) is 21.9 Å². The summed E-state index contributed by atoms with van der Waals surface area (Å²) < 4.78 is 5.67. The molecule has 1 atom stereocenters. The average Bonchev–Trinajstić information content (AvgIpc) is 2.63. The Morgan fingerprint density at radius 3 is 2.28 bits per heavy atom. The van der Waals surface area contributed by atoms with Crippen molar-refractivity contribution in [3.63, 3.8) is 0 Å². The van der Waals surface area contributed by atoms with Crippen LogP contribution in [0.15, 0.2) is 48.5 Å². The number of aliphatic hydroxyl groups excluding tert-OH is 1. The largest absolute Gasteiger partial charge is 0.491 e. The molecular formula is C20H25ClN2O2. The van der Waals surface area contributed by atoms with Crippen molar-refractivity contribution in [2.75, 3.05) is 44.2 Å². The summed E-state index contributed by atoms with van der Waals surface area (Å²) in [6.45, 7) is 6.78. The normalized spacial score (nSPS) is 16.7. The molecule has 0 aromatic heterocycles. The Hall–Kier alpha value is -1.75. The molecule has 3 rings (SSSR count). The van der Waals surface area contributed by atoms with Crippen LogP contribution in [0.25, 0.3) is 0 Å². The average molecular weight is 361 g/mol. The van der Waals surface area contributed by atoms with Gasteiger partial charge in [0, 0.05) is 43.4 Å². The zero-order valence-electron chi connectivity index (χ0n) is 14.6. The highest BCUT2D eigenvalue weighted by molar-refractivity contribution is 6.30. The highest BCUT2D eigenvalue weighted by Gasteiger charge is 2.19. The monoisotopic (exact) mass is 360 g/mol. The van der Waals surface area contributed by atoms with Crippen molar-refractivity contribution < 1.29 is 9.84 Å². The first kappa shape index (κ1) is 18.1. The summed E-state index contributed by atoms with van der Waals surface area (Å²) in [4.78, 5) is 4.64. The maximum Gasteiger partial charge on any atom is 0.119 e. The van der Waals surface area contributed by atoms with Crippen molar-refractivity contribution in [3.8, 4) is 5.75 Å². The number of hydrogen-bond donors (Lipinski definition) is 1. The fourth-order valence-electron chi connectivity index (χ4n) is 3.02. The summed E-state index contributed by atoms with van der Waals surface area (Å²) in [5.74, 6) is 0.803. The molecule has 1 saturated heterocycles. The molecule has 1 N–H and O–H groups in total. The summed E-state index contributed by atoms with van der Waals surface area (Å²) in [7, 11) is 0. The summed E-state index contributed by atoms with van der Waals surface area (Å²) >= 11 is 5.95. The molecule has 1 fully saturated rings. The minimum absolute atomic E-state index is 0.320. The van der Waals surface area contributed by atoms with Crippen molar-refractivity contribution >= 4 is 17.3 Å². The van der Waals surface area contributed by atoms with E-state index >= 15 is 0 Å². The minimum atomic E-state index is -0.483. The fourth-order valence-corrected chi connectivity index (χ4v) is 3.14. The second-order valence-electron chi connectivity index (χ2n) is 6.54. The molecule has 0 saturated carbocycles. The second kappa shape index (κ2) is 8.56. The van der Waals surface area contributed by atoms with E-state index in [4.69, 9.17) is 16.3 Å². The number of anilines is 1. The predicted molar refractivity (Wildman–Crippen MR) is 103 cm³/mol. The van der Waals surface area contributed by atoms with E-state index in [1.165, 1.54) is 11.3 Å². The topological polar surface area (TPSA) is 35.9 Å². The quantitative estimate of drug-likeness (QED) is 0.858. The van der Waals surface area contributed by atoms with Crippen LogP contribution in [0.1, 0.15) is 5.56 Å². The van der Waals surface area contributed by atoms with E-state index in [1.807, 2.05) is 43.3 Å². The van der Waals surface area contributed by atoms with Crippen LogP contribution >= 0.6 is 11.6 Å². The highest BCUT2D eigenvalue weighted by atomic mass is 35.5. The fraction of sp³-hybridized carbons (Fsp3) is 0.400. The third-order valence-corrected chi connectivity index (χ3v) is 4.75. The lowest BCUT2D eigenvalue weighted by molar-refractivity contribution is 0.0663. The molecule has 25 heavy (non-hydrogen) atoms. The first-order valence-electron chi connectivity index (χ1n) is 8.70. The number of hydrogen-bond acceptors (Lipinski definition) is 4. The molecule has 1 unspecified atom stereocenters. The molecule has 2 aromatic carbocycles. The van der Waals surface area contributed by atoms with Gasteiger partial charge in [0.05, 0.1) is 0 Å². The van der Waals surface area contributed by atoms with Gasteiger partial charge in [-0.05, 0) is 43.3 Å². The summed E-state index contributed by atoms with van der Waals surface area (Å²) in [6, 6.07) is 15.9. The molecule has 0 bridgehead atoms. The lowest BCUT2D eigenvalue weighted by Gasteiger charge is -2.36. The number of nitrogens with zero attached hydrogens (tertiary/aromatic N) is 2. The Labute approximate surface area is 154 Å². The molecule has 1 aliphatic rings. The van der Waals surface area contributed by atoms with Crippen LogP contribution in [-0.2, 0) is 0 Å². The SMILES string of the molecule is Cc1ccc(OCC(O)CN2CCN(c3ccc(Cl)cc3)CC2)cc1. The Bertz CT molecular complexity index is 652. The Kier molecular flexibility index (Phi) is 6.19. The van der Waals surface area contributed by atoms with E-state index in [9.17, 15) is 5.11 Å². The Morgan fingerprint density at radius 1 is 1.00 bits per heavy atom. The van der Waals surface area contributed by atoms with Gasteiger partial charge in [0.25, 0.3) is 0 Å². The van der Waals surface area contributed by atoms with Gasteiger partial charge in [0.15, 0.2) is 0 Å². The van der Waals surface area contributed by atoms with Crippen LogP contribution in [0.4, 0.5) is 5.69 Å². The molecule has 4 nitrogen and oxygen atoms in total. The molecule has 1 heterocycles. The van der Waals surface area contributed by atoms with Crippen molar-refractivity contribution in [1.82, 2.24) is 4.90 Å². The molecule has 0 amide bonds. The van der Waals surface area contributed by atoms with Crippen molar-refractivity contribution in [3.05, 3.63) is 59.1 Å². The van der Waals surface area contributed by atoms with Crippen LogP contribution in [0.3, 0.4) is 0 Å². The molecule has 134 valence electrons. The van der Waals surface area contributed by atoms with Gasteiger partial charge in [0.2, 0.25) is 0 Å². The van der Waals surface area contributed by atoms with Crippen LogP contribution in [-0.4, -0.2) is 55.4 Å². The number of β-amino-alcohol motifs (C(OH)–C–C–N with tert-alkyl or cyclic N) is 1. The second-order valence-corrected chi connectivity index (χ2v) is 6.98. The van der Waals surface area contributed by atoms with Gasteiger partial charge in [0.1, 0.15) is 18.5 Å². The standard InChI is InChI=1S/C20H25ClN2O2/c1-16-2-8-20(9-3-16)25-15-19(24)14-22-10-12-23(13-11-22)18-6-4-17(21)5-7-18/h2-9,19,24H,10-15H2,1H3. The van der Waals surface area contributed by atoms with Crippen LogP contribution in [0, 0.1) is 6.92 Å². The van der Waals surface area contributed by atoms with Gasteiger partial charge in [-0.15, -0.1) is 0 Å². The molecule has 5 heteroatoms. The van der Waals surface area contributed by atoms with Crippen LogP contribution in [0.2, 0.25) is 5.02 Å². The van der Waals surface area contributed by atoms with Crippen molar-refractivity contribution in [1.29, 1.82) is 0 Å². The number of benzene rings is 2. The number of aryl methyl sites for hydroxylation is 1. The summed E-state index contributed by atoms with van der Waals surface area (Å²) in [5.41, 5.74) is 2.40. The number of ether oxygens (including phenoxy) is 1. The van der Waals surface area contributed by atoms with Crippen LogP contribution in [0.5, 0.6) is 5.75 Å². The summed E-state index contributed by atoms with van der Waals surface area (Å²) in [6.07, 6.45) is -0.483. The molecular weight excluding hydrogens is 336 g/mol. The van der Waals surface area contributed by atoms with E-state index < -0.39 is 6.10 Å². The maximum atomic E-state index is 10.2. The Balaban J connectivity index is 1.40. The third kappa shape index (κ3) is 5.36. The third-order valence-electron chi connectivity index (χ3n) is 4.50. The number of piperazine rings is 1. The van der Waals surface area contributed by atoms with E-state index in [-0.39, 0.29) is 0 Å². The van der Waals surface area contributed by atoms with Crippen molar-refractivity contribution in [2.45, 2.75) is 13.0 Å². The van der Waals surface area contributed by atoms with E-state index in [0.29, 0.717) is 13.2 Å². The molecule has 0 radical (unpaired) electrons. The molecule has 0 aliphatic carbocycles. The Morgan fingerprint density at radius 2 is 1.64 bits per heavy atom. The lowest BCUT2D eigenvalue weighted by Crippen LogP contribution is -2.49. The predicted octanol–water partition coefficient (Wildman–Crippen LogP) is 3.21. The lowest BCUT2D eigenvalue weighted by atomic mass is 10.2. The van der Waals surface area contributed by atoms with Gasteiger partial charge >= 0.3 is 0 Å². The highest BCUT2D eigenvalue weighted by Crippen LogP contribution is 2.19. The van der Waals surface area contributed by atoms with E-state index in [1.54, 1.807) is 0 Å². The molecule has 0 spiro atoms. The summed E-state index contributed by atoms with van der Waals surface area (Å²) in [5, 5.41) is 11.0. The van der Waals surface area contributed by atoms with Crippen LogP contribution < -0.4 is 9.64 Å². The first-order valence-corrected chi connectivity index (χ1v) is 9.08. The molecule has 2 aromatic rings. The van der Waals surface area contributed by atoms with Gasteiger partial charge < -0.3 is 14.7 Å². The van der Waals surface area contributed by atoms with Crippen molar-refractivity contribution in [2.24, 2.45) is 0 Å². The minimum Gasteiger partial charge on any atom is -0.491 e. The number of rotatable bonds is 6. The van der Waals surface area contributed by atoms with Gasteiger partial charge in [-0.2, -0.15) is 0 Å². The number of halogens is 1. The van der Waals surface area contributed by atoms with E-state index in [0.717, 1.165) is 37.0 Å². The first-order chi connectivity index (χ1) is 12.1. The van der Waals surface area contributed by atoms with Gasteiger partial charge in [-0.3, -0.25) is 4.90 Å². The smallest absolute Gasteiger partial charge is 0.119 e. The molecule has 1 aliphatic heterocycles. The maximum absolute atomic E-state index is 10.2. The van der Waals surface area contributed by atoms with Gasteiger partial charge in [-0.1, -0.05) is 29.3 Å². The zero-order valence-corrected chi connectivity index (χ0v) is 15.3. The number of aliphatic hydroxyl groups is 1. The zero-order chi connectivity index (χ0) is 17.6. The van der Waals surface area contributed by atoms with Gasteiger partial charge in [-0.25, -0.2) is 0 Å².